The van der Waals surface area contributed by atoms with E-state index in [-0.39, 0.29) is 18.1 Å². The maximum absolute atomic E-state index is 11.8. The van der Waals surface area contributed by atoms with Gasteiger partial charge in [0, 0.05) is 6.42 Å². The fraction of sp³-hybridized carbons (Fsp3) is 0.929. The molecule has 1 aliphatic carbocycles. The summed E-state index contributed by atoms with van der Waals surface area (Å²) in [5.41, 5.74) is 0. The van der Waals surface area contributed by atoms with Crippen molar-refractivity contribution in [3.63, 3.8) is 0 Å². The molecule has 0 aromatic rings. The largest absolute Gasteiger partial charge is 0.391 e. The number of ether oxygens (including phenoxy) is 1. The van der Waals surface area contributed by atoms with Crippen LogP contribution in [0.2, 0.25) is 0 Å². The second kappa shape index (κ2) is 7.82. The quantitative estimate of drug-likeness (QED) is 0.683. The van der Waals surface area contributed by atoms with Crippen molar-refractivity contribution in [3.8, 4) is 0 Å². The van der Waals surface area contributed by atoms with E-state index in [0.717, 1.165) is 51.6 Å². The third-order valence-corrected chi connectivity index (χ3v) is 4.04. The van der Waals surface area contributed by atoms with Crippen LogP contribution in [0.15, 0.2) is 0 Å². The smallest absolute Gasteiger partial charge is 0.222 e. The number of carbonyl (C=O) groups excluding carboxylic acids is 1. The van der Waals surface area contributed by atoms with Crippen LogP contribution in [0.4, 0.5) is 0 Å². The predicted molar refractivity (Wildman–Crippen MR) is 72.9 cm³/mol. The molecule has 2 rings (SSSR count). The van der Waals surface area contributed by atoms with Gasteiger partial charge in [0.25, 0.3) is 0 Å². The molecule has 1 saturated heterocycles. The lowest BCUT2D eigenvalue weighted by Crippen LogP contribution is -2.45. The Morgan fingerprint density at radius 3 is 2.68 bits per heavy atom. The SMILES string of the molecule is O=C(CCOC1CCNCC1)N[C@H]1CCCC[C@@H]1O. The van der Waals surface area contributed by atoms with E-state index in [1.54, 1.807) is 0 Å². The minimum absolute atomic E-state index is 0.000107. The molecule has 0 spiro atoms. The van der Waals surface area contributed by atoms with Crippen molar-refractivity contribution in [2.24, 2.45) is 0 Å². The van der Waals surface area contributed by atoms with Crippen LogP contribution in [0.1, 0.15) is 44.9 Å². The van der Waals surface area contributed by atoms with Gasteiger partial charge in [-0.3, -0.25) is 4.79 Å². The molecule has 0 aromatic carbocycles. The minimum atomic E-state index is -0.372. The lowest BCUT2D eigenvalue weighted by molar-refractivity contribution is -0.124. The topological polar surface area (TPSA) is 70.6 Å². The number of amides is 1. The molecule has 1 heterocycles. The molecule has 110 valence electrons. The van der Waals surface area contributed by atoms with Gasteiger partial charge in [-0.2, -0.15) is 0 Å². The number of carbonyl (C=O) groups is 1. The average molecular weight is 270 g/mol. The summed E-state index contributed by atoms with van der Waals surface area (Å²) in [6, 6.07) is -0.0554. The normalized spacial score (nSPS) is 29.1. The first-order chi connectivity index (χ1) is 9.25. The van der Waals surface area contributed by atoms with E-state index < -0.39 is 0 Å². The fourth-order valence-corrected chi connectivity index (χ4v) is 2.84. The monoisotopic (exact) mass is 270 g/mol. The Bertz CT molecular complexity index is 280. The van der Waals surface area contributed by atoms with E-state index in [1.165, 1.54) is 0 Å². The Balaban J connectivity index is 1.58. The summed E-state index contributed by atoms with van der Waals surface area (Å²) in [6.45, 7) is 2.50. The zero-order valence-corrected chi connectivity index (χ0v) is 11.6. The number of aliphatic hydroxyl groups excluding tert-OH is 1. The van der Waals surface area contributed by atoms with Crippen LogP contribution >= 0.6 is 0 Å². The molecule has 1 aliphatic heterocycles. The molecule has 5 heteroatoms. The van der Waals surface area contributed by atoms with E-state index in [9.17, 15) is 9.90 Å². The fourth-order valence-electron chi connectivity index (χ4n) is 2.84. The van der Waals surface area contributed by atoms with E-state index in [0.29, 0.717) is 19.1 Å². The highest BCUT2D eigenvalue weighted by atomic mass is 16.5. The van der Waals surface area contributed by atoms with Gasteiger partial charge in [-0.05, 0) is 38.8 Å². The zero-order valence-electron chi connectivity index (χ0n) is 11.6. The number of hydrogen-bond acceptors (Lipinski definition) is 4. The molecule has 0 radical (unpaired) electrons. The number of hydrogen-bond donors (Lipinski definition) is 3. The van der Waals surface area contributed by atoms with Gasteiger partial charge in [0.15, 0.2) is 0 Å². The highest BCUT2D eigenvalue weighted by molar-refractivity contribution is 5.76. The van der Waals surface area contributed by atoms with Crippen LogP contribution in [-0.4, -0.2) is 49.0 Å². The van der Waals surface area contributed by atoms with Gasteiger partial charge in [-0.1, -0.05) is 12.8 Å². The molecule has 1 saturated carbocycles. The predicted octanol–water partition coefficient (Wildman–Crippen LogP) is 0.565. The highest BCUT2D eigenvalue weighted by Gasteiger charge is 2.24. The van der Waals surface area contributed by atoms with E-state index in [1.807, 2.05) is 0 Å². The lowest BCUT2D eigenvalue weighted by Gasteiger charge is -2.28. The van der Waals surface area contributed by atoms with Crippen LogP contribution < -0.4 is 10.6 Å². The molecule has 0 unspecified atom stereocenters. The molecule has 2 fully saturated rings. The number of piperidine rings is 1. The van der Waals surface area contributed by atoms with Crippen molar-refractivity contribution < 1.29 is 14.6 Å². The van der Waals surface area contributed by atoms with Crippen molar-refractivity contribution in [2.45, 2.75) is 63.2 Å². The number of nitrogens with one attached hydrogen (secondary N) is 2. The van der Waals surface area contributed by atoms with E-state index in [4.69, 9.17) is 4.74 Å². The molecule has 19 heavy (non-hydrogen) atoms. The molecule has 1 amide bonds. The van der Waals surface area contributed by atoms with Gasteiger partial charge >= 0.3 is 0 Å². The van der Waals surface area contributed by atoms with Gasteiger partial charge in [0.05, 0.1) is 24.9 Å². The summed E-state index contributed by atoms with van der Waals surface area (Å²) in [6.07, 6.45) is 6.23. The van der Waals surface area contributed by atoms with Crippen LogP contribution in [-0.2, 0) is 9.53 Å². The summed E-state index contributed by atoms with van der Waals surface area (Å²) in [4.78, 5) is 11.8. The summed E-state index contributed by atoms with van der Waals surface area (Å²) >= 11 is 0. The summed E-state index contributed by atoms with van der Waals surface area (Å²) < 4.78 is 5.71. The Labute approximate surface area is 115 Å². The maximum Gasteiger partial charge on any atom is 0.222 e. The molecule has 0 bridgehead atoms. The standard InChI is InChI=1S/C14H26N2O3/c17-13-4-2-1-3-12(13)16-14(18)7-10-19-11-5-8-15-9-6-11/h11-13,15,17H,1-10H2,(H,16,18)/t12-,13-/m0/s1. The Morgan fingerprint density at radius 1 is 1.21 bits per heavy atom. The number of rotatable bonds is 5. The Morgan fingerprint density at radius 2 is 1.95 bits per heavy atom. The van der Waals surface area contributed by atoms with Crippen molar-refractivity contribution in [1.82, 2.24) is 10.6 Å². The summed E-state index contributed by atoms with van der Waals surface area (Å²) in [5, 5.41) is 16.0. The van der Waals surface area contributed by atoms with Crippen LogP contribution in [0.3, 0.4) is 0 Å². The van der Waals surface area contributed by atoms with Crippen LogP contribution in [0.25, 0.3) is 0 Å². The molecule has 0 aromatic heterocycles. The van der Waals surface area contributed by atoms with E-state index >= 15 is 0 Å². The van der Waals surface area contributed by atoms with E-state index in [2.05, 4.69) is 10.6 Å². The molecular weight excluding hydrogens is 244 g/mol. The van der Waals surface area contributed by atoms with Crippen LogP contribution in [0, 0.1) is 0 Å². The highest BCUT2D eigenvalue weighted by Crippen LogP contribution is 2.18. The van der Waals surface area contributed by atoms with Gasteiger partial charge in [-0.15, -0.1) is 0 Å². The zero-order chi connectivity index (χ0) is 13.5. The lowest BCUT2D eigenvalue weighted by atomic mass is 9.92. The Kier molecular flexibility index (Phi) is 6.07. The molecule has 2 aliphatic rings. The maximum atomic E-state index is 11.8. The third kappa shape index (κ3) is 5.09. The van der Waals surface area contributed by atoms with Crippen molar-refractivity contribution >= 4 is 5.91 Å². The average Bonchev–Trinajstić information content (AvgIpc) is 2.43. The summed E-state index contributed by atoms with van der Waals surface area (Å²) in [5.74, 6) is -0.000107. The first kappa shape index (κ1) is 14.8. The van der Waals surface area contributed by atoms with Gasteiger partial charge in [0.2, 0.25) is 5.91 Å². The van der Waals surface area contributed by atoms with Gasteiger partial charge in [0.1, 0.15) is 0 Å². The molecule has 5 nitrogen and oxygen atoms in total. The Hall–Kier alpha value is -0.650. The second-order valence-corrected chi connectivity index (χ2v) is 5.60. The van der Waals surface area contributed by atoms with Crippen molar-refractivity contribution in [3.05, 3.63) is 0 Å². The van der Waals surface area contributed by atoms with Crippen LogP contribution in [0.5, 0.6) is 0 Å². The minimum Gasteiger partial charge on any atom is -0.391 e. The summed E-state index contributed by atoms with van der Waals surface area (Å²) in [7, 11) is 0. The van der Waals surface area contributed by atoms with Crippen molar-refractivity contribution in [2.75, 3.05) is 19.7 Å². The first-order valence-corrected chi connectivity index (χ1v) is 7.55. The number of aliphatic hydroxyl groups is 1. The molecular formula is C14H26N2O3. The first-order valence-electron chi connectivity index (χ1n) is 7.55. The third-order valence-electron chi connectivity index (χ3n) is 4.04. The molecule has 3 N–H and O–H groups in total. The van der Waals surface area contributed by atoms with Gasteiger partial charge < -0.3 is 20.5 Å². The second-order valence-electron chi connectivity index (χ2n) is 5.60. The van der Waals surface area contributed by atoms with Crippen molar-refractivity contribution in [1.29, 1.82) is 0 Å². The van der Waals surface area contributed by atoms with Gasteiger partial charge in [-0.25, -0.2) is 0 Å². The molecule has 2 atom stereocenters.